The minimum Gasteiger partial charge on any atom is -0.452 e. The predicted octanol–water partition coefficient (Wildman–Crippen LogP) is 10.5. The van der Waals surface area contributed by atoms with E-state index in [-0.39, 0.29) is 39.1 Å². The van der Waals surface area contributed by atoms with E-state index >= 15 is 0 Å². The Morgan fingerprint density at radius 2 is 1.37 bits per heavy atom. The molecular weight excluding hydrogens is 564 g/mol. The van der Waals surface area contributed by atoms with Crippen molar-refractivity contribution in [2.75, 3.05) is 0 Å². The van der Waals surface area contributed by atoms with Gasteiger partial charge in [-0.05, 0) is 127 Å². The maximum Gasteiger partial charge on any atom is 0.312 e. The molecule has 248 valence electrons. The Balaban J connectivity index is 1.20. The molecule has 1 N–H and O–H groups in total. The van der Waals surface area contributed by atoms with Crippen molar-refractivity contribution < 1.29 is 14.6 Å². The zero-order chi connectivity index (χ0) is 32.8. The molecule has 0 amide bonds. The van der Waals surface area contributed by atoms with E-state index < -0.39 is 11.5 Å². The number of rotatable bonds is 4. The average Bonchev–Trinajstić information content (AvgIpc) is 3.04. The number of hydrogen-bond acceptors (Lipinski definition) is 3. The van der Waals surface area contributed by atoms with Crippen LogP contribution >= 0.6 is 0 Å². The van der Waals surface area contributed by atoms with Crippen molar-refractivity contribution in [2.24, 2.45) is 50.2 Å². The highest BCUT2D eigenvalue weighted by Crippen LogP contribution is 2.75. The van der Waals surface area contributed by atoms with E-state index in [4.69, 9.17) is 4.74 Å². The van der Waals surface area contributed by atoms with Crippen molar-refractivity contribution in [3.05, 3.63) is 83.4 Å². The molecule has 4 fully saturated rings. The first kappa shape index (κ1) is 32.2. The topological polar surface area (TPSA) is 46.5 Å². The lowest BCUT2D eigenvalue weighted by atomic mass is 9.33. The molecule has 0 bridgehead atoms. The van der Waals surface area contributed by atoms with Crippen LogP contribution in [-0.4, -0.2) is 17.2 Å². The van der Waals surface area contributed by atoms with E-state index in [0.29, 0.717) is 17.8 Å². The van der Waals surface area contributed by atoms with Gasteiger partial charge in [-0.1, -0.05) is 114 Å². The van der Waals surface area contributed by atoms with E-state index in [9.17, 15) is 9.90 Å². The highest BCUT2D eigenvalue weighted by atomic mass is 16.5. The summed E-state index contributed by atoms with van der Waals surface area (Å²) in [5.74, 6) is 1.54. The fourth-order valence-corrected chi connectivity index (χ4v) is 12.4. The molecule has 3 heteroatoms. The summed E-state index contributed by atoms with van der Waals surface area (Å²) < 4.78 is 6.57. The number of benzene rings is 2. The second-order valence-electron chi connectivity index (χ2n) is 18.2. The largest absolute Gasteiger partial charge is 0.452 e. The van der Waals surface area contributed by atoms with Gasteiger partial charge in [-0.2, -0.15) is 0 Å². The zero-order valence-electron chi connectivity index (χ0n) is 29.6. The summed E-state index contributed by atoms with van der Waals surface area (Å²) in [5, 5.41) is 11.1. The van der Waals surface area contributed by atoms with Crippen LogP contribution in [0.25, 0.3) is 0 Å². The second kappa shape index (κ2) is 10.8. The van der Waals surface area contributed by atoms with Gasteiger partial charge < -0.3 is 9.84 Å². The SMILES string of the molecule is CC1(C)[C@@H](O)CC[C@]2(C)[C@H]3CC=C4[C@@H]5C[C@@](C)(C(=O)OC(c6ccccc6)c6ccccc6)CC[C@]5(C)CC[C@@]4(C)[C@]3(C)CC[C@@H]12. The molecular formula is C43H58O3. The van der Waals surface area contributed by atoms with Crippen LogP contribution in [0.5, 0.6) is 0 Å². The van der Waals surface area contributed by atoms with Crippen LogP contribution < -0.4 is 0 Å². The van der Waals surface area contributed by atoms with Crippen LogP contribution in [-0.2, 0) is 9.53 Å². The zero-order valence-corrected chi connectivity index (χ0v) is 29.6. The Morgan fingerprint density at radius 3 is 2.00 bits per heavy atom. The molecule has 0 unspecified atom stereocenters. The second-order valence-corrected chi connectivity index (χ2v) is 18.2. The highest BCUT2D eigenvalue weighted by molar-refractivity contribution is 5.77. The van der Waals surface area contributed by atoms with Gasteiger partial charge in [0.2, 0.25) is 0 Å². The van der Waals surface area contributed by atoms with E-state index in [2.05, 4.69) is 78.8 Å². The highest BCUT2D eigenvalue weighted by Gasteiger charge is 2.68. The van der Waals surface area contributed by atoms with E-state index in [1.54, 1.807) is 5.57 Å². The Morgan fingerprint density at radius 1 is 0.761 bits per heavy atom. The Labute approximate surface area is 278 Å². The number of aliphatic hydroxyl groups is 1. The van der Waals surface area contributed by atoms with Crippen LogP contribution in [0.2, 0.25) is 0 Å². The van der Waals surface area contributed by atoms with Crippen LogP contribution in [0.1, 0.15) is 130 Å². The lowest BCUT2D eigenvalue weighted by molar-refractivity contribution is -0.203. The quantitative estimate of drug-likeness (QED) is 0.273. The van der Waals surface area contributed by atoms with Gasteiger partial charge in [0.1, 0.15) is 0 Å². The lowest BCUT2D eigenvalue weighted by Crippen LogP contribution is -2.64. The number of carbonyl (C=O) groups is 1. The van der Waals surface area contributed by atoms with Crippen LogP contribution in [0.4, 0.5) is 0 Å². The summed E-state index contributed by atoms with van der Waals surface area (Å²) in [7, 11) is 0. The lowest BCUT2D eigenvalue weighted by Gasteiger charge is -2.71. The summed E-state index contributed by atoms with van der Waals surface area (Å²) in [6.45, 7) is 17.2. The number of esters is 1. The fourth-order valence-electron chi connectivity index (χ4n) is 12.4. The minimum absolute atomic E-state index is 0.0345. The van der Waals surface area contributed by atoms with Gasteiger partial charge in [-0.15, -0.1) is 0 Å². The molecule has 0 radical (unpaired) electrons. The van der Waals surface area contributed by atoms with Gasteiger partial charge >= 0.3 is 5.97 Å². The van der Waals surface area contributed by atoms with Gasteiger partial charge in [0.25, 0.3) is 0 Å². The van der Waals surface area contributed by atoms with Crippen LogP contribution in [0, 0.1) is 50.2 Å². The van der Waals surface area contributed by atoms with Crippen LogP contribution in [0.3, 0.4) is 0 Å². The van der Waals surface area contributed by atoms with Crippen molar-refractivity contribution in [3.8, 4) is 0 Å². The normalized spacial score (nSPS) is 42.9. The van der Waals surface area contributed by atoms with E-state index in [0.717, 1.165) is 49.7 Å². The molecule has 7 rings (SSSR count). The maximum atomic E-state index is 14.4. The molecule has 5 aliphatic rings. The molecule has 0 aromatic heterocycles. The molecule has 2 aromatic rings. The molecule has 0 saturated heterocycles. The van der Waals surface area contributed by atoms with Gasteiger partial charge in [0.05, 0.1) is 11.5 Å². The van der Waals surface area contributed by atoms with Crippen molar-refractivity contribution in [3.63, 3.8) is 0 Å². The van der Waals surface area contributed by atoms with Gasteiger partial charge in [0, 0.05) is 0 Å². The molecule has 4 saturated carbocycles. The van der Waals surface area contributed by atoms with Crippen molar-refractivity contribution in [1.29, 1.82) is 0 Å². The summed E-state index contributed by atoms with van der Waals surface area (Å²) in [4.78, 5) is 14.4. The number of ether oxygens (including phenoxy) is 1. The van der Waals surface area contributed by atoms with Crippen molar-refractivity contribution in [1.82, 2.24) is 0 Å². The van der Waals surface area contributed by atoms with Gasteiger partial charge in [0.15, 0.2) is 6.10 Å². The van der Waals surface area contributed by atoms with Gasteiger partial charge in [-0.25, -0.2) is 0 Å². The van der Waals surface area contributed by atoms with E-state index in [1.165, 1.54) is 25.7 Å². The summed E-state index contributed by atoms with van der Waals surface area (Å²) >= 11 is 0. The summed E-state index contributed by atoms with van der Waals surface area (Å²) in [6.07, 6.45) is 13.1. The monoisotopic (exact) mass is 622 g/mol. The molecule has 46 heavy (non-hydrogen) atoms. The third kappa shape index (κ3) is 4.56. The standard InChI is InChI=1S/C43H58O3/c1-38(2)33-20-23-43(7)34(41(33,5)22-21-35(38)44)19-18-31-32-28-40(4,25-24-39(32,3)26-27-42(31,43)6)37(45)46-36(29-14-10-8-11-15-29)30-16-12-9-13-17-30/h8-18,32-36,44H,19-28H2,1-7H3/t32-,33-,34+,35-,39+,40-,41-,42+,43+/m0/s1. The Bertz CT molecular complexity index is 1450. The molecule has 0 heterocycles. The number of hydrogen-bond donors (Lipinski definition) is 1. The molecule has 0 spiro atoms. The third-order valence-electron chi connectivity index (χ3n) is 15.7. The minimum atomic E-state index is -0.518. The van der Waals surface area contributed by atoms with Crippen LogP contribution in [0.15, 0.2) is 72.3 Å². The molecule has 0 aliphatic heterocycles. The number of allylic oxidation sites excluding steroid dienone is 2. The van der Waals surface area contributed by atoms with Gasteiger partial charge in [-0.3, -0.25) is 4.79 Å². The Kier molecular flexibility index (Phi) is 7.56. The average molecular weight is 623 g/mol. The summed E-state index contributed by atoms with van der Waals surface area (Å²) in [5.41, 5.74) is 3.99. The first-order valence-corrected chi connectivity index (χ1v) is 18.4. The smallest absolute Gasteiger partial charge is 0.312 e. The summed E-state index contributed by atoms with van der Waals surface area (Å²) in [6, 6.07) is 20.5. The Hall–Kier alpha value is -2.39. The third-order valence-corrected chi connectivity index (χ3v) is 15.7. The molecule has 9 atom stereocenters. The van der Waals surface area contributed by atoms with Crippen molar-refractivity contribution >= 4 is 5.97 Å². The first-order valence-electron chi connectivity index (χ1n) is 18.4. The van der Waals surface area contributed by atoms with Crippen molar-refractivity contribution in [2.45, 2.75) is 125 Å². The maximum absolute atomic E-state index is 14.4. The fraction of sp³-hybridized carbons (Fsp3) is 0.651. The molecule has 3 nitrogen and oxygen atoms in total. The first-order chi connectivity index (χ1) is 21.7. The van der Waals surface area contributed by atoms with E-state index in [1.807, 2.05) is 36.4 Å². The number of aliphatic hydroxyl groups excluding tert-OH is 1. The number of carbonyl (C=O) groups excluding carboxylic acids is 1. The number of fused-ring (bicyclic) bond motifs is 7. The predicted molar refractivity (Wildman–Crippen MR) is 186 cm³/mol. The molecule has 5 aliphatic carbocycles. The molecule has 2 aromatic carbocycles.